The first-order chi connectivity index (χ1) is 6.12. The van der Waals surface area contributed by atoms with Crippen molar-refractivity contribution >= 4 is 5.97 Å². The molecular weight excluding hydrogens is 166 g/mol. The van der Waals surface area contributed by atoms with E-state index in [-0.39, 0.29) is 5.97 Å². The van der Waals surface area contributed by atoms with Crippen LogP contribution in [0, 0.1) is 0 Å². The molecule has 0 bridgehead atoms. The van der Waals surface area contributed by atoms with Gasteiger partial charge in [0.25, 0.3) is 0 Å². The van der Waals surface area contributed by atoms with Gasteiger partial charge in [-0.3, -0.25) is 10.5 Å². The predicted octanol–water partition coefficient (Wildman–Crippen LogP) is 1.72. The van der Waals surface area contributed by atoms with Crippen molar-refractivity contribution in [1.82, 2.24) is 0 Å². The summed E-state index contributed by atoms with van der Waals surface area (Å²) in [4.78, 5) is 10.8. The summed E-state index contributed by atoms with van der Waals surface area (Å²) in [5.41, 5.74) is 5.04. The lowest BCUT2D eigenvalue weighted by molar-refractivity contribution is -0.152. The number of hydrogen-bond donors (Lipinski definition) is 1. The van der Waals surface area contributed by atoms with Gasteiger partial charge in [-0.25, -0.2) is 0 Å². The second-order valence-electron chi connectivity index (χ2n) is 3.55. The SMILES string of the molecule is CC(=O)OC1(N)/C=C/CCCCC1. The first-order valence-electron chi connectivity index (χ1n) is 4.78. The number of carbonyl (C=O) groups is 1. The van der Waals surface area contributed by atoms with Crippen LogP contribution in [0.5, 0.6) is 0 Å². The van der Waals surface area contributed by atoms with Crippen molar-refractivity contribution in [3.8, 4) is 0 Å². The molecule has 1 unspecified atom stereocenters. The molecule has 0 heterocycles. The topological polar surface area (TPSA) is 52.3 Å². The number of ether oxygens (including phenoxy) is 1. The van der Waals surface area contributed by atoms with Gasteiger partial charge in [0.1, 0.15) is 0 Å². The Kier molecular flexibility index (Phi) is 3.48. The third-order valence-corrected chi connectivity index (χ3v) is 2.17. The van der Waals surface area contributed by atoms with E-state index in [0.29, 0.717) is 0 Å². The van der Waals surface area contributed by atoms with E-state index in [4.69, 9.17) is 10.5 Å². The zero-order valence-corrected chi connectivity index (χ0v) is 8.08. The fourth-order valence-corrected chi connectivity index (χ4v) is 1.56. The first kappa shape index (κ1) is 10.3. The van der Waals surface area contributed by atoms with E-state index in [0.717, 1.165) is 25.7 Å². The Morgan fingerprint density at radius 1 is 1.46 bits per heavy atom. The van der Waals surface area contributed by atoms with Crippen LogP contribution in [0.3, 0.4) is 0 Å². The van der Waals surface area contributed by atoms with E-state index >= 15 is 0 Å². The molecule has 74 valence electrons. The van der Waals surface area contributed by atoms with Gasteiger partial charge in [0.05, 0.1) is 0 Å². The standard InChI is InChI=1S/C10H17NO2/c1-9(12)13-10(11)7-5-3-2-4-6-8-10/h5,7H,2-4,6,8,11H2,1H3/b7-5+. The molecule has 0 radical (unpaired) electrons. The van der Waals surface area contributed by atoms with Gasteiger partial charge in [0.2, 0.25) is 0 Å². The Morgan fingerprint density at radius 2 is 2.23 bits per heavy atom. The minimum Gasteiger partial charge on any atom is -0.441 e. The number of nitrogens with two attached hydrogens (primary N) is 1. The molecule has 0 aromatic carbocycles. The number of carbonyl (C=O) groups excluding carboxylic acids is 1. The van der Waals surface area contributed by atoms with Crippen LogP contribution in [0.25, 0.3) is 0 Å². The average molecular weight is 183 g/mol. The third-order valence-electron chi connectivity index (χ3n) is 2.17. The van der Waals surface area contributed by atoms with E-state index in [1.54, 1.807) is 0 Å². The van der Waals surface area contributed by atoms with Crippen LogP contribution >= 0.6 is 0 Å². The maximum absolute atomic E-state index is 10.8. The molecule has 13 heavy (non-hydrogen) atoms. The maximum Gasteiger partial charge on any atom is 0.304 e. The summed E-state index contributed by atoms with van der Waals surface area (Å²) in [5, 5.41) is 0. The largest absolute Gasteiger partial charge is 0.441 e. The molecule has 1 atom stereocenters. The van der Waals surface area contributed by atoms with E-state index in [1.165, 1.54) is 13.3 Å². The van der Waals surface area contributed by atoms with E-state index in [1.807, 2.05) is 12.2 Å². The quantitative estimate of drug-likeness (QED) is 0.382. The van der Waals surface area contributed by atoms with Crippen molar-refractivity contribution in [2.75, 3.05) is 0 Å². The van der Waals surface area contributed by atoms with Crippen LogP contribution in [-0.4, -0.2) is 11.7 Å². The molecule has 0 aliphatic heterocycles. The molecule has 0 amide bonds. The molecule has 2 N–H and O–H groups in total. The summed E-state index contributed by atoms with van der Waals surface area (Å²) >= 11 is 0. The highest BCUT2D eigenvalue weighted by atomic mass is 16.6. The molecule has 0 saturated carbocycles. The predicted molar refractivity (Wildman–Crippen MR) is 50.9 cm³/mol. The number of allylic oxidation sites excluding steroid dienone is 1. The molecule has 1 aliphatic rings. The fourth-order valence-electron chi connectivity index (χ4n) is 1.56. The summed E-state index contributed by atoms with van der Waals surface area (Å²) in [6, 6.07) is 0. The second-order valence-corrected chi connectivity index (χ2v) is 3.55. The van der Waals surface area contributed by atoms with Gasteiger partial charge in [-0.05, 0) is 25.3 Å². The minimum atomic E-state index is -0.855. The molecule has 0 spiro atoms. The third kappa shape index (κ3) is 3.59. The summed E-state index contributed by atoms with van der Waals surface area (Å²) < 4.78 is 5.07. The molecule has 1 rings (SSSR count). The molecule has 3 heteroatoms. The Balaban J connectivity index is 2.60. The molecule has 0 saturated heterocycles. The molecule has 0 aromatic heterocycles. The van der Waals surface area contributed by atoms with Crippen molar-refractivity contribution < 1.29 is 9.53 Å². The molecule has 3 nitrogen and oxygen atoms in total. The highest BCUT2D eigenvalue weighted by Gasteiger charge is 2.24. The van der Waals surface area contributed by atoms with Crippen molar-refractivity contribution in [2.45, 2.75) is 44.8 Å². The molecule has 0 fully saturated rings. The zero-order valence-electron chi connectivity index (χ0n) is 8.08. The van der Waals surface area contributed by atoms with E-state index < -0.39 is 5.72 Å². The lowest BCUT2D eigenvalue weighted by Gasteiger charge is -2.26. The molecule has 1 aliphatic carbocycles. The number of rotatable bonds is 1. The molecular formula is C10H17NO2. The number of esters is 1. The number of hydrogen-bond acceptors (Lipinski definition) is 3. The highest BCUT2D eigenvalue weighted by molar-refractivity contribution is 5.66. The lowest BCUT2D eigenvalue weighted by Crippen LogP contribution is -2.42. The normalized spacial score (nSPS) is 31.5. The summed E-state index contributed by atoms with van der Waals surface area (Å²) in [5.74, 6) is -0.312. The Labute approximate surface area is 78.9 Å². The van der Waals surface area contributed by atoms with Crippen LogP contribution in [-0.2, 0) is 9.53 Å². The van der Waals surface area contributed by atoms with Crippen molar-refractivity contribution in [3.05, 3.63) is 12.2 Å². The van der Waals surface area contributed by atoms with Crippen LogP contribution < -0.4 is 5.73 Å². The van der Waals surface area contributed by atoms with Gasteiger partial charge >= 0.3 is 5.97 Å². The van der Waals surface area contributed by atoms with Crippen LogP contribution in [0.2, 0.25) is 0 Å². The van der Waals surface area contributed by atoms with Gasteiger partial charge in [-0.15, -0.1) is 0 Å². The van der Waals surface area contributed by atoms with Gasteiger partial charge in [-0.1, -0.05) is 12.5 Å². The second kappa shape index (κ2) is 4.42. The summed E-state index contributed by atoms with van der Waals surface area (Å²) in [6.45, 7) is 1.39. The van der Waals surface area contributed by atoms with E-state index in [9.17, 15) is 4.79 Å². The van der Waals surface area contributed by atoms with Crippen LogP contribution in [0.1, 0.15) is 39.0 Å². The highest BCUT2D eigenvalue weighted by Crippen LogP contribution is 2.20. The zero-order chi connectivity index (χ0) is 9.73. The van der Waals surface area contributed by atoms with Crippen LogP contribution in [0.15, 0.2) is 12.2 Å². The van der Waals surface area contributed by atoms with Gasteiger partial charge < -0.3 is 4.74 Å². The average Bonchev–Trinajstić information content (AvgIpc) is 1.97. The first-order valence-corrected chi connectivity index (χ1v) is 4.78. The Morgan fingerprint density at radius 3 is 2.92 bits per heavy atom. The van der Waals surface area contributed by atoms with E-state index in [2.05, 4.69) is 0 Å². The van der Waals surface area contributed by atoms with Crippen molar-refractivity contribution in [2.24, 2.45) is 5.73 Å². The summed E-state index contributed by atoms with van der Waals surface area (Å²) in [7, 11) is 0. The van der Waals surface area contributed by atoms with Gasteiger partial charge in [0.15, 0.2) is 5.72 Å². The lowest BCUT2D eigenvalue weighted by atomic mass is 10.00. The van der Waals surface area contributed by atoms with Gasteiger partial charge in [-0.2, -0.15) is 0 Å². The Hall–Kier alpha value is -0.830. The maximum atomic E-state index is 10.8. The van der Waals surface area contributed by atoms with Gasteiger partial charge in [0, 0.05) is 13.3 Å². The smallest absolute Gasteiger partial charge is 0.304 e. The minimum absolute atomic E-state index is 0.312. The Bertz CT molecular complexity index is 213. The summed E-state index contributed by atoms with van der Waals surface area (Å²) in [6.07, 6.45) is 8.95. The van der Waals surface area contributed by atoms with Crippen LogP contribution in [0.4, 0.5) is 0 Å². The molecule has 0 aromatic rings. The monoisotopic (exact) mass is 183 g/mol. The fraction of sp³-hybridized carbons (Fsp3) is 0.700. The van der Waals surface area contributed by atoms with Crippen molar-refractivity contribution in [3.63, 3.8) is 0 Å². The van der Waals surface area contributed by atoms with Crippen molar-refractivity contribution in [1.29, 1.82) is 0 Å².